The van der Waals surface area contributed by atoms with Gasteiger partial charge in [-0.05, 0) is 48.2 Å². The molecule has 0 saturated carbocycles. The average Bonchev–Trinajstić information content (AvgIpc) is 3.09. The average molecular weight is 722 g/mol. The number of hydrogen-bond acceptors (Lipinski definition) is 11. The van der Waals surface area contributed by atoms with Gasteiger partial charge in [-0.3, -0.25) is 29.8 Å². The summed E-state index contributed by atoms with van der Waals surface area (Å²) in [7, 11) is 0. The number of nitrogens with one attached hydrogen (secondary N) is 1. The lowest BCUT2D eigenvalue weighted by atomic mass is 9.89. The molecule has 3 N–H and O–H groups in total. The Morgan fingerprint density at radius 2 is 1.62 bits per heavy atom. The predicted molar refractivity (Wildman–Crippen MR) is 180 cm³/mol. The molecule has 1 aliphatic heterocycles. The van der Waals surface area contributed by atoms with Crippen molar-refractivity contribution in [3.8, 4) is 28.2 Å². The normalized spacial score (nSPS) is 11.2. The fourth-order valence-electron chi connectivity index (χ4n) is 5.53. The van der Waals surface area contributed by atoms with Crippen molar-refractivity contribution in [1.29, 1.82) is 0 Å². The topological polar surface area (TPSA) is 222 Å². The highest BCUT2D eigenvalue weighted by Gasteiger charge is 2.25. The summed E-state index contributed by atoms with van der Waals surface area (Å²) in [4.78, 5) is 57.8. The van der Waals surface area contributed by atoms with Gasteiger partial charge in [0.2, 0.25) is 11.3 Å². The number of phenols is 1. The molecule has 0 spiro atoms. The number of aromatic hydroxyl groups is 1. The Bertz CT molecular complexity index is 2220. The van der Waals surface area contributed by atoms with Gasteiger partial charge in [-0.25, -0.2) is 13.6 Å². The van der Waals surface area contributed by atoms with Crippen LogP contribution in [0.3, 0.4) is 0 Å². The number of fused-ring (bicyclic) bond motifs is 2. The molecule has 0 saturated heterocycles. The number of carbonyl (C=O) groups is 2. The van der Waals surface area contributed by atoms with E-state index in [0.29, 0.717) is 17.5 Å². The molecule has 15 nitrogen and oxygen atoms in total. The third kappa shape index (κ3) is 8.51. The predicted octanol–water partition coefficient (Wildman–Crippen LogP) is 5.39. The van der Waals surface area contributed by atoms with Crippen LogP contribution in [-0.4, -0.2) is 64.9 Å². The van der Waals surface area contributed by atoms with Gasteiger partial charge in [0, 0.05) is 53.4 Å². The second-order valence-corrected chi connectivity index (χ2v) is 11.4. The van der Waals surface area contributed by atoms with Gasteiger partial charge in [0.1, 0.15) is 11.3 Å². The first-order valence-electron chi connectivity index (χ1n) is 15.6. The summed E-state index contributed by atoms with van der Waals surface area (Å²) in [6, 6.07) is 11.2. The molecule has 2 aliphatic rings. The van der Waals surface area contributed by atoms with Gasteiger partial charge in [-0.2, -0.15) is 0 Å². The number of phenolic OH excluding ortho intramolecular Hbond substituents is 1. The standard InChI is InChI=1S/C35H29F2N3O12/c36-26-15-24-31(17-29(26)41)52-32-18-30(42)27(37)16-25(32)34(24)22-6-3-19(12-23(22)35(44)45)13-33(43)38-7-9-51-11-10-50-8-1-2-20-4-5-21(39(46)47)14-28(20)40(48)49/h3-6,12,14-18,41H,1-2,7-11,13H2,(H,38,43)(H,44,45). The Hall–Kier alpha value is -6.33. The highest BCUT2D eigenvalue weighted by Crippen LogP contribution is 2.43. The number of nitrogens with zero attached hydrogens (tertiary/aromatic N) is 2. The van der Waals surface area contributed by atoms with E-state index in [9.17, 15) is 53.6 Å². The number of rotatable bonds is 16. The van der Waals surface area contributed by atoms with Crippen molar-refractivity contribution >= 4 is 34.2 Å². The summed E-state index contributed by atoms with van der Waals surface area (Å²) >= 11 is 0. The van der Waals surface area contributed by atoms with Crippen LogP contribution < -0.4 is 10.7 Å². The minimum absolute atomic E-state index is 0.00720. The molecule has 5 rings (SSSR count). The van der Waals surface area contributed by atoms with Gasteiger partial charge < -0.3 is 29.4 Å². The van der Waals surface area contributed by atoms with E-state index in [4.69, 9.17) is 13.9 Å². The lowest BCUT2D eigenvalue weighted by Crippen LogP contribution is -2.29. The van der Waals surface area contributed by atoms with Crippen LogP contribution in [0.4, 0.5) is 20.2 Å². The van der Waals surface area contributed by atoms with Crippen molar-refractivity contribution in [2.45, 2.75) is 19.3 Å². The lowest BCUT2D eigenvalue weighted by Gasteiger charge is -2.17. The number of hydrogen-bond donors (Lipinski definition) is 3. The smallest absolute Gasteiger partial charge is 0.336 e. The van der Waals surface area contributed by atoms with Crippen LogP contribution in [0.1, 0.15) is 27.9 Å². The van der Waals surface area contributed by atoms with E-state index in [2.05, 4.69) is 5.32 Å². The van der Waals surface area contributed by atoms with E-state index in [1.54, 1.807) is 0 Å². The quantitative estimate of drug-likeness (QED) is 0.0505. The van der Waals surface area contributed by atoms with E-state index >= 15 is 0 Å². The number of ether oxygens (including phenoxy) is 2. The molecule has 1 aliphatic carbocycles. The van der Waals surface area contributed by atoms with E-state index in [-0.39, 0.29) is 96.2 Å². The maximum absolute atomic E-state index is 14.5. The van der Waals surface area contributed by atoms with E-state index < -0.39 is 44.5 Å². The molecule has 1 amide bonds. The minimum Gasteiger partial charge on any atom is -0.505 e. The van der Waals surface area contributed by atoms with Gasteiger partial charge in [0.05, 0.1) is 47.7 Å². The number of halogens is 2. The van der Waals surface area contributed by atoms with Crippen molar-refractivity contribution in [2.75, 3.05) is 33.0 Å². The fourth-order valence-corrected chi connectivity index (χ4v) is 5.53. The number of nitro groups is 2. The molecule has 17 heteroatoms. The molecule has 52 heavy (non-hydrogen) atoms. The molecule has 0 bridgehead atoms. The first kappa shape index (κ1) is 36.9. The van der Waals surface area contributed by atoms with Gasteiger partial charge in [-0.1, -0.05) is 12.1 Å². The summed E-state index contributed by atoms with van der Waals surface area (Å²) in [6.07, 6.45) is 0.499. The maximum Gasteiger partial charge on any atom is 0.336 e. The van der Waals surface area contributed by atoms with Crippen LogP contribution in [0, 0.1) is 31.9 Å². The summed E-state index contributed by atoms with van der Waals surface area (Å²) in [6.45, 7) is 0.922. The number of amides is 1. The highest BCUT2D eigenvalue weighted by molar-refractivity contribution is 6.07. The largest absolute Gasteiger partial charge is 0.505 e. The van der Waals surface area contributed by atoms with Gasteiger partial charge in [0.25, 0.3) is 11.4 Å². The van der Waals surface area contributed by atoms with Crippen LogP contribution in [0.15, 0.2) is 69.9 Å². The number of aryl methyl sites for hydroxylation is 1. The molecule has 0 fully saturated rings. The molecule has 3 aromatic carbocycles. The Balaban J connectivity index is 1.14. The first-order valence-corrected chi connectivity index (χ1v) is 15.6. The van der Waals surface area contributed by atoms with Gasteiger partial charge in [-0.15, -0.1) is 0 Å². The van der Waals surface area contributed by atoms with Crippen LogP contribution >= 0.6 is 0 Å². The first-order chi connectivity index (χ1) is 24.8. The van der Waals surface area contributed by atoms with Crippen molar-refractivity contribution in [1.82, 2.24) is 5.32 Å². The summed E-state index contributed by atoms with van der Waals surface area (Å²) < 4.78 is 45.4. The number of carboxylic acid groups (broad SMARTS) is 1. The number of benzene rings is 4. The second kappa shape index (κ2) is 16.1. The SMILES string of the molecule is O=C(Cc1ccc(-c2c3cc(F)c(=O)cc-3oc3cc(O)c(F)cc23)c(C(=O)O)c1)NCCOCCOCCCc1ccc([N+](=O)[O-])cc1[N+](=O)[O-]. The van der Waals surface area contributed by atoms with Crippen LogP contribution in [-0.2, 0) is 27.1 Å². The van der Waals surface area contributed by atoms with E-state index in [0.717, 1.165) is 30.3 Å². The zero-order valence-electron chi connectivity index (χ0n) is 27.1. The van der Waals surface area contributed by atoms with E-state index in [1.165, 1.54) is 30.3 Å². The van der Waals surface area contributed by atoms with Crippen molar-refractivity contribution in [3.63, 3.8) is 0 Å². The second-order valence-electron chi connectivity index (χ2n) is 11.4. The highest BCUT2D eigenvalue weighted by atomic mass is 19.1. The fraction of sp³-hybridized carbons (Fsp3) is 0.229. The molecule has 0 radical (unpaired) electrons. The Morgan fingerprint density at radius 3 is 2.33 bits per heavy atom. The Kier molecular flexibility index (Phi) is 11.5. The zero-order valence-corrected chi connectivity index (χ0v) is 27.1. The minimum atomic E-state index is -1.40. The molecule has 3 aromatic rings. The molecular formula is C35H29F2N3O12. The van der Waals surface area contributed by atoms with Crippen LogP contribution in [0.5, 0.6) is 5.75 Å². The molecule has 1 heterocycles. The number of nitro benzene ring substituents is 2. The Morgan fingerprint density at radius 1 is 0.865 bits per heavy atom. The monoisotopic (exact) mass is 721 g/mol. The van der Waals surface area contributed by atoms with Gasteiger partial charge >= 0.3 is 5.97 Å². The van der Waals surface area contributed by atoms with Crippen molar-refractivity contribution in [3.05, 3.63) is 119 Å². The molecule has 0 aromatic heterocycles. The maximum atomic E-state index is 14.5. The van der Waals surface area contributed by atoms with Crippen molar-refractivity contribution in [2.24, 2.45) is 0 Å². The van der Waals surface area contributed by atoms with E-state index in [1.807, 2.05) is 0 Å². The lowest BCUT2D eigenvalue weighted by molar-refractivity contribution is -0.394. The number of carbonyl (C=O) groups excluding carboxylic acids is 1. The zero-order chi connectivity index (χ0) is 37.5. The number of aromatic carboxylic acids is 1. The number of non-ortho nitro benzene ring substituents is 1. The van der Waals surface area contributed by atoms with Crippen LogP contribution in [0.2, 0.25) is 0 Å². The number of carboxylic acids is 1. The Labute approximate surface area is 291 Å². The molecular weight excluding hydrogens is 692 g/mol. The molecule has 0 unspecified atom stereocenters. The summed E-state index contributed by atoms with van der Waals surface area (Å²) in [5, 5.41) is 44.8. The van der Waals surface area contributed by atoms with Crippen molar-refractivity contribution < 1.29 is 52.3 Å². The summed E-state index contributed by atoms with van der Waals surface area (Å²) in [5.74, 6) is -4.91. The van der Waals surface area contributed by atoms with Crippen LogP contribution in [0.25, 0.3) is 33.4 Å². The third-order valence-electron chi connectivity index (χ3n) is 7.94. The summed E-state index contributed by atoms with van der Waals surface area (Å²) in [5.41, 5.74) is -1.35. The third-order valence-corrected chi connectivity index (χ3v) is 7.94. The molecule has 0 atom stereocenters. The van der Waals surface area contributed by atoms with Gasteiger partial charge in [0.15, 0.2) is 17.4 Å². The molecule has 270 valence electrons.